The van der Waals surface area contributed by atoms with E-state index in [-0.39, 0.29) is 12.6 Å². The minimum absolute atomic E-state index is 0.183. The normalized spacial score (nSPS) is 14.1. The van der Waals surface area contributed by atoms with Crippen molar-refractivity contribution in [1.82, 2.24) is 15.3 Å². The monoisotopic (exact) mass is 301 g/mol. The van der Waals surface area contributed by atoms with Gasteiger partial charge in [-0.1, -0.05) is 30.3 Å². The number of nitrogens with zero attached hydrogens (tertiary/aromatic N) is 2. The van der Waals surface area contributed by atoms with Crippen molar-refractivity contribution in [2.45, 2.75) is 12.8 Å². The number of carbonyl (C=O) groups is 3. The molecular formula is C16H19N3O3. The van der Waals surface area contributed by atoms with Crippen molar-refractivity contribution in [2.24, 2.45) is 0 Å². The van der Waals surface area contributed by atoms with Crippen LogP contribution in [0.25, 0.3) is 6.08 Å². The van der Waals surface area contributed by atoms with E-state index in [1.165, 1.54) is 6.08 Å². The fourth-order valence-electron chi connectivity index (χ4n) is 2.19. The van der Waals surface area contributed by atoms with Gasteiger partial charge in [-0.25, -0.2) is 15.2 Å². The highest BCUT2D eigenvalue weighted by Gasteiger charge is 2.21. The second kappa shape index (κ2) is 7.97. The molecule has 6 nitrogen and oxygen atoms in total. The number of urea groups is 1. The van der Waals surface area contributed by atoms with E-state index in [0.717, 1.165) is 23.4 Å². The molecule has 1 aromatic carbocycles. The van der Waals surface area contributed by atoms with Crippen molar-refractivity contribution in [2.75, 3.05) is 19.6 Å². The van der Waals surface area contributed by atoms with E-state index in [2.05, 4.69) is 5.43 Å². The zero-order valence-corrected chi connectivity index (χ0v) is 12.3. The van der Waals surface area contributed by atoms with E-state index in [1.807, 2.05) is 30.3 Å². The summed E-state index contributed by atoms with van der Waals surface area (Å²) < 4.78 is 0. The molecule has 0 atom stereocenters. The fraction of sp³-hybridized carbons (Fsp3) is 0.312. The Morgan fingerprint density at radius 2 is 1.86 bits per heavy atom. The van der Waals surface area contributed by atoms with Crippen LogP contribution in [0.1, 0.15) is 18.4 Å². The topological polar surface area (TPSA) is 69.7 Å². The van der Waals surface area contributed by atoms with Crippen LogP contribution in [-0.4, -0.2) is 47.8 Å². The first-order valence-corrected chi connectivity index (χ1v) is 7.24. The van der Waals surface area contributed by atoms with Gasteiger partial charge in [0, 0.05) is 19.2 Å². The van der Waals surface area contributed by atoms with Crippen molar-refractivity contribution >= 4 is 24.3 Å². The molecule has 1 fully saturated rings. The second-order valence-corrected chi connectivity index (χ2v) is 4.97. The lowest BCUT2D eigenvalue weighted by Crippen LogP contribution is -2.51. The lowest BCUT2D eigenvalue weighted by molar-refractivity contribution is -0.130. The first kappa shape index (κ1) is 15.8. The van der Waals surface area contributed by atoms with E-state index in [1.54, 1.807) is 11.0 Å². The lowest BCUT2D eigenvalue weighted by atomic mass is 10.2. The predicted octanol–water partition coefficient (Wildman–Crippen LogP) is 1.45. The number of likely N-dealkylation sites (tertiary alicyclic amines) is 1. The Hall–Kier alpha value is -2.63. The number of benzene rings is 1. The number of amides is 3. The van der Waals surface area contributed by atoms with Gasteiger partial charge in [-0.15, -0.1) is 0 Å². The standard InChI is InChI=1S/C16H19N3O3/c20-13-12-19(17-16(22)18-10-4-5-11-18)15(21)9-8-14-6-2-1-3-7-14/h1-3,6-9,13H,4-5,10-12H2,(H,17,22)/b9-8+. The fourth-order valence-corrected chi connectivity index (χ4v) is 2.19. The number of aldehydes is 1. The van der Waals surface area contributed by atoms with Crippen molar-refractivity contribution in [3.8, 4) is 0 Å². The molecule has 6 heteroatoms. The molecule has 1 heterocycles. The van der Waals surface area contributed by atoms with Crippen LogP contribution >= 0.6 is 0 Å². The molecule has 1 N–H and O–H groups in total. The number of nitrogens with one attached hydrogen (secondary N) is 1. The van der Waals surface area contributed by atoms with Gasteiger partial charge in [0.15, 0.2) is 0 Å². The third-order valence-corrected chi connectivity index (χ3v) is 3.36. The highest BCUT2D eigenvalue weighted by Crippen LogP contribution is 2.07. The zero-order chi connectivity index (χ0) is 15.8. The minimum atomic E-state index is -0.441. The Balaban J connectivity index is 1.97. The first-order valence-electron chi connectivity index (χ1n) is 7.24. The van der Waals surface area contributed by atoms with Crippen LogP contribution in [0.2, 0.25) is 0 Å². The van der Waals surface area contributed by atoms with Crippen LogP contribution in [0, 0.1) is 0 Å². The molecule has 0 bridgehead atoms. The summed E-state index contributed by atoms with van der Waals surface area (Å²) >= 11 is 0. The van der Waals surface area contributed by atoms with Gasteiger partial charge < -0.3 is 9.69 Å². The zero-order valence-electron chi connectivity index (χ0n) is 12.3. The highest BCUT2D eigenvalue weighted by molar-refractivity contribution is 5.94. The van der Waals surface area contributed by atoms with Gasteiger partial charge in [-0.05, 0) is 24.5 Å². The molecular weight excluding hydrogens is 282 g/mol. The van der Waals surface area contributed by atoms with Gasteiger partial charge in [0.1, 0.15) is 6.29 Å². The van der Waals surface area contributed by atoms with E-state index in [0.29, 0.717) is 19.4 Å². The molecule has 1 aromatic rings. The van der Waals surface area contributed by atoms with Crippen LogP contribution in [-0.2, 0) is 9.59 Å². The Labute approximate surface area is 129 Å². The van der Waals surface area contributed by atoms with Crippen LogP contribution in [0.15, 0.2) is 36.4 Å². The number of hydrogen-bond donors (Lipinski definition) is 1. The molecule has 22 heavy (non-hydrogen) atoms. The van der Waals surface area contributed by atoms with E-state index >= 15 is 0 Å². The van der Waals surface area contributed by atoms with Gasteiger partial charge in [-0.2, -0.15) is 0 Å². The molecule has 0 radical (unpaired) electrons. The van der Waals surface area contributed by atoms with Crippen LogP contribution in [0.5, 0.6) is 0 Å². The van der Waals surface area contributed by atoms with E-state index < -0.39 is 5.91 Å². The Morgan fingerprint density at radius 1 is 1.18 bits per heavy atom. The van der Waals surface area contributed by atoms with Gasteiger partial charge in [0.05, 0.1) is 6.54 Å². The summed E-state index contributed by atoms with van der Waals surface area (Å²) in [6.07, 6.45) is 5.48. The summed E-state index contributed by atoms with van der Waals surface area (Å²) in [5.41, 5.74) is 3.35. The first-order chi connectivity index (χ1) is 10.7. The van der Waals surface area contributed by atoms with Crippen molar-refractivity contribution in [3.63, 3.8) is 0 Å². The third-order valence-electron chi connectivity index (χ3n) is 3.36. The van der Waals surface area contributed by atoms with Crippen LogP contribution in [0.4, 0.5) is 4.79 Å². The van der Waals surface area contributed by atoms with Crippen LogP contribution in [0.3, 0.4) is 0 Å². The molecule has 1 aliphatic rings. The molecule has 1 aliphatic heterocycles. The molecule has 0 aromatic heterocycles. The van der Waals surface area contributed by atoms with Gasteiger partial charge >= 0.3 is 6.03 Å². The summed E-state index contributed by atoms with van der Waals surface area (Å²) in [4.78, 5) is 36.4. The van der Waals surface area contributed by atoms with Crippen LogP contribution < -0.4 is 5.43 Å². The number of carbonyl (C=O) groups excluding carboxylic acids is 3. The number of hydrazine groups is 1. The van der Waals surface area contributed by atoms with Gasteiger partial charge in [-0.3, -0.25) is 4.79 Å². The maximum absolute atomic E-state index is 12.1. The summed E-state index contributed by atoms with van der Waals surface area (Å²) in [5.74, 6) is -0.441. The largest absolute Gasteiger partial charge is 0.336 e. The minimum Gasteiger partial charge on any atom is -0.323 e. The molecule has 116 valence electrons. The highest BCUT2D eigenvalue weighted by atomic mass is 16.2. The molecule has 0 spiro atoms. The van der Waals surface area contributed by atoms with E-state index in [9.17, 15) is 14.4 Å². The number of rotatable bonds is 4. The van der Waals surface area contributed by atoms with Gasteiger partial charge in [0.2, 0.25) is 0 Å². The quantitative estimate of drug-likeness (QED) is 0.520. The third kappa shape index (κ3) is 4.44. The molecule has 0 saturated carbocycles. The Morgan fingerprint density at radius 3 is 2.50 bits per heavy atom. The molecule has 1 saturated heterocycles. The smallest absolute Gasteiger partial charge is 0.323 e. The average molecular weight is 301 g/mol. The average Bonchev–Trinajstić information content (AvgIpc) is 3.07. The Bertz CT molecular complexity index is 551. The van der Waals surface area contributed by atoms with Crippen molar-refractivity contribution in [3.05, 3.63) is 42.0 Å². The number of hydrogen-bond acceptors (Lipinski definition) is 3. The summed E-state index contributed by atoms with van der Waals surface area (Å²) in [5, 5.41) is 1.02. The summed E-state index contributed by atoms with van der Waals surface area (Å²) in [6.45, 7) is 1.17. The summed E-state index contributed by atoms with van der Waals surface area (Å²) in [7, 11) is 0. The Kier molecular flexibility index (Phi) is 5.71. The maximum atomic E-state index is 12.1. The molecule has 0 aliphatic carbocycles. The maximum Gasteiger partial charge on any atom is 0.336 e. The SMILES string of the molecule is O=CCN(NC(=O)N1CCCC1)C(=O)/C=C/c1ccccc1. The second-order valence-electron chi connectivity index (χ2n) is 4.97. The molecule has 3 amide bonds. The van der Waals surface area contributed by atoms with E-state index in [4.69, 9.17) is 0 Å². The van der Waals surface area contributed by atoms with Crippen molar-refractivity contribution < 1.29 is 14.4 Å². The molecule has 2 rings (SSSR count). The summed E-state index contributed by atoms with van der Waals surface area (Å²) in [6, 6.07) is 8.98. The van der Waals surface area contributed by atoms with Gasteiger partial charge in [0.25, 0.3) is 5.91 Å². The van der Waals surface area contributed by atoms with Crippen molar-refractivity contribution in [1.29, 1.82) is 0 Å². The lowest BCUT2D eigenvalue weighted by Gasteiger charge is -2.23. The predicted molar refractivity (Wildman–Crippen MR) is 82.6 cm³/mol. The molecule has 0 unspecified atom stereocenters.